The summed E-state index contributed by atoms with van der Waals surface area (Å²) in [6.07, 6.45) is -0.0131. The monoisotopic (exact) mass is 493 g/mol. The third kappa shape index (κ3) is 3.94. The minimum absolute atomic E-state index is 0.0115. The number of benzene rings is 1. The third-order valence-electron chi connectivity index (χ3n) is 5.86. The highest BCUT2D eigenvalue weighted by Gasteiger charge is 2.36. The second kappa shape index (κ2) is 8.53. The number of nitrogens with zero attached hydrogens (tertiary/aromatic N) is 7. The number of fused-ring (bicyclic) bond motifs is 1. The number of nitriles is 1. The van der Waals surface area contributed by atoms with Gasteiger partial charge in [0.15, 0.2) is 5.83 Å². The number of carbonyl (C=O) groups is 1. The SMILES string of the molecule is C=C(F)C(=O)N1CC(n2nc(-c3ccc(C(F)(F)F)cc3)c3nccc(-c4cnc(C#N)nc4)c32)C1. The Hall–Kier alpha value is -4.66. The summed E-state index contributed by atoms with van der Waals surface area (Å²) in [7, 11) is 0. The van der Waals surface area contributed by atoms with E-state index in [1.165, 1.54) is 35.6 Å². The molecule has 0 unspecified atom stereocenters. The lowest BCUT2D eigenvalue weighted by atomic mass is 10.0. The van der Waals surface area contributed by atoms with Gasteiger partial charge in [-0.3, -0.25) is 14.5 Å². The summed E-state index contributed by atoms with van der Waals surface area (Å²) < 4.78 is 54.1. The predicted molar refractivity (Wildman–Crippen MR) is 120 cm³/mol. The summed E-state index contributed by atoms with van der Waals surface area (Å²) in [4.78, 5) is 25.7. The van der Waals surface area contributed by atoms with Crippen molar-refractivity contribution in [2.45, 2.75) is 12.2 Å². The molecule has 8 nitrogen and oxygen atoms in total. The zero-order valence-electron chi connectivity index (χ0n) is 18.4. The highest BCUT2D eigenvalue weighted by Crippen LogP contribution is 2.38. The summed E-state index contributed by atoms with van der Waals surface area (Å²) in [5.74, 6) is -1.89. The molecule has 0 atom stereocenters. The van der Waals surface area contributed by atoms with Crippen molar-refractivity contribution < 1.29 is 22.4 Å². The minimum atomic E-state index is -4.48. The van der Waals surface area contributed by atoms with Crippen LogP contribution in [0.15, 0.2) is 61.3 Å². The van der Waals surface area contributed by atoms with E-state index < -0.39 is 23.5 Å². The van der Waals surface area contributed by atoms with Gasteiger partial charge in [-0.1, -0.05) is 18.7 Å². The first kappa shape index (κ1) is 23.1. The Balaban J connectivity index is 1.64. The zero-order chi connectivity index (χ0) is 25.6. The van der Waals surface area contributed by atoms with Gasteiger partial charge in [0.05, 0.1) is 17.1 Å². The average molecular weight is 493 g/mol. The molecule has 1 aliphatic rings. The second-order valence-electron chi connectivity index (χ2n) is 8.10. The molecular weight excluding hydrogens is 478 g/mol. The molecule has 0 aliphatic carbocycles. The molecule has 3 aromatic heterocycles. The van der Waals surface area contributed by atoms with Gasteiger partial charge in [-0.15, -0.1) is 0 Å². The van der Waals surface area contributed by atoms with Crippen LogP contribution in [0, 0.1) is 11.3 Å². The van der Waals surface area contributed by atoms with Gasteiger partial charge in [0, 0.05) is 48.4 Å². The van der Waals surface area contributed by atoms with Crippen molar-refractivity contribution in [3.8, 4) is 28.5 Å². The van der Waals surface area contributed by atoms with Crippen LogP contribution in [0.1, 0.15) is 17.4 Å². The number of alkyl halides is 3. The fraction of sp³-hybridized carbons (Fsp3) is 0.167. The Morgan fingerprint density at radius 1 is 1.06 bits per heavy atom. The highest BCUT2D eigenvalue weighted by atomic mass is 19.4. The van der Waals surface area contributed by atoms with Crippen LogP contribution in [0.5, 0.6) is 0 Å². The van der Waals surface area contributed by atoms with E-state index >= 15 is 0 Å². The fourth-order valence-corrected chi connectivity index (χ4v) is 4.05. The molecule has 5 rings (SSSR count). The molecule has 4 heterocycles. The molecule has 36 heavy (non-hydrogen) atoms. The quantitative estimate of drug-likeness (QED) is 0.310. The number of carbonyl (C=O) groups excluding carboxylic acids is 1. The molecular formula is C24H15F4N7O. The van der Waals surface area contributed by atoms with E-state index in [1.807, 2.05) is 6.07 Å². The van der Waals surface area contributed by atoms with Gasteiger partial charge >= 0.3 is 6.18 Å². The van der Waals surface area contributed by atoms with Crippen molar-refractivity contribution in [1.29, 1.82) is 5.26 Å². The summed E-state index contributed by atoms with van der Waals surface area (Å²) in [6.45, 7) is 3.35. The van der Waals surface area contributed by atoms with Crippen LogP contribution >= 0.6 is 0 Å². The van der Waals surface area contributed by atoms with Gasteiger partial charge in [0.2, 0.25) is 5.82 Å². The van der Waals surface area contributed by atoms with Gasteiger partial charge in [0.25, 0.3) is 5.91 Å². The molecule has 1 aromatic carbocycles. The molecule has 0 N–H and O–H groups in total. The lowest BCUT2D eigenvalue weighted by Gasteiger charge is -2.39. The number of amides is 1. The topological polar surface area (TPSA) is 101 Å². The predicted octanol–water partition coefficient (Wildman–Crippen LogP) is 4.31. The van der Waals surface area contributed by atoms with Crippen molar-refractivity contribution in [3.63, 3.8) is 0 Å². The number of pyridine rings is 1. The number of hydrogen-bond acceptors (Lipinski definition) is 6. The Labute approximate surface area is 201 Å². The van der Waals surface area contributed by atoms with E-state index in [-0.39, 0.29) is 25.0 Å². The maximum absolute atomic E-state index is 13.3. The molecule has 0 bridgehead atoms. The average Bonchev–Trinajstić information content (AvgIpc) is 3.22. The Kier molecular flexibility index (Phi) is 5.47. The second-order valence-corrected chi connectivity index (χ2v) is 8.10. The number of aromatic nitrogens is 5. The zero-order valence-corrected chi connectivity index (χ0v) is 18.4. The first-order chi connectivity index (χ1) is 17.2. The van der Waals surface area contributed by atoms with E-state index in [1.54, 1.807) is 10.7 Å². The molecule has 1 saturated heterocycles. The lowest BCUT2D eigenvalue weighted by molar-refractivity contribution is -0.137. The molecule has 1 amide bonds. The molecule has 0 saturated carbocycles. The van der Waals surface area contributed by atoms with Crippen LogP contribution in [0.2, 0.25) is 0 Å². The van der Waals surface area contributed by atoms with E-state index in [2.05, 4.69) is 26.6 Å². The van der Waals surface area contributed by atoms with Crippen LogP contribution in [0.4, 0.5) is 17.6 Å². The van der Waals surface area contributed by atoms with Gasteiger partial charge in [-0.25, -0.2) is 14.4 Å². The largest absolute Gasteiger partial charge is 0.416 e. The molecule has 12 heteroatoms. The number of hydrogen-bond donors (Lipinski definition) is 0. The van der Waals surface area contributed by atoms with Crippen molar-refractivity contribution in [2.24, 2.45) is 0 Å². The molecule has 1 fully saturated rings. The van der Waals surface area contributed by atoms with Gasteiger partial charge < -0.3 is 4.90 Å². The minimum Gasteiger partial charge on any atom is -0.332 e. The molecule has 1 aliphatic heterocycles. The van der Waals surface area contributed by atoms with Gasteiger partial charge in [-0.2, -0.15) is 23.5 Å². The van der Waals surface area contributed by atoms with E-state index in [0.717, 1.165) is 12.1 Å². The first-order valence-electron chi connectivity index (χ1n) is 10.6. The van der Waals surface area contributed by atoms with Gasteiger partial charge in [-0.05, 0) is 18.2 Å². The summed E-state index contributed by atoms with van der Waals surface area (Å²) in [6, 6.07) is 7.77. The summed E-state index contributed by atoms with van der Waals surface area (Å²) in [5, 5.41) is 13.7. The summed E-state index contributed by atoms with van der Waals surface area (Å²) in [5.41, 5.74) is 2.10. The Bertz CT molecular complexity index is 1530. The van der Waals surface area contributed by atoms with Crippen LogP contribution in [-0.2, 0) is 11.0 Å². The number of likely N-dealkylation sites (tertiary alicyclic amines) is 1. The maximum Gasteiger partial charge on any atom is 0.416 e. The highest BCUT2D eigenvalue weighted by molar-refractivity contribution is 5.99. The fourth-order valence-electron chi connectivity index (χ4n) is 4.05. The molecule has 0 radical (unpaired) electrons. The van der Waals surface area contributed by atoms with Gasteiger partial charge in [0.1, 0.15) is 17.3 Å². The van der Waals surface area contributed by atoms with E-state index in [0.29, 0.717) is 33.4 Å². The van der Waals surface area contributed by atoms with Crippen molar-refractivity contribution in [3.05, 3.63) is 72.7 Å². The van der Waals surface area contributed by atoms with Crippen LogP contribution < -0.4 is 0 Å². The van der Waals surface area contributed by atoms with E-state index in [4.69, 9.17) is 5.26 Å². The summed E-state index contributed by atoms with van der Waals surface area (Å²) >= 11 is 0. The molecule has 180 valence electrons. The standard InChI is InChI=1S/C24H15F4N7O/c1-13(25)23(36)34-11-17(12-34)35-22-18(15-9-31-19(8-29)32-10-15)6-7-30-21(22)20(33-35)14-2-4-16(5-3-14)24(26,27)28/h2-7,9-10,17H,1,11-12H2. The van der Waals surface area contributed by atoms with Crippen molar-refractivity contribution in [1.82, 2.24) is 29.6 Å². The first-order valence-corrected chi connectivity index (χ1v) is 10.6. The van der Waals surface area contributed by atoms with Crippen molar-refractivity contribution in [2.75, 3.05) is 13.1 Å². The van der Waals surface area contributed by atoms with Crippen LogP contribution in [-0.4, -0.2) is 48.6 Å². The smallest absolute Gasteiger partial charge is 0.332 e. The van der Waals surface area contributed by atoms with Crippen molar-refractivity contribution >= 4 is 16.9 Å². The molecule has 4 aromatic rings. The Morgan fingerprint density at radius 2 is 1.72 bits per heavy atom. The number of halogens is 4. The number of rotatable bonds is 4. The maximum atomic E-state index is 13.3. The third-order valence-corrected chi connectivity index (χ3v) is 5.86. The molecule has 0 spiro atoms. The Morgan fingerprint density at radius 3 is 2.31 bits per heavy atom. The lowest BCUT2D eigenvalue weighted by Crippen LogP contribution is -2.51. The van der Waals surface area contributed by atoms with Crippen LogP contribution in [0.3, 0.4) is 0 Å². The normalized spacial score (nSPS) is 13.9. The van der Waals surface area contributed by atoms with Crippen LogP contribution in [0.25, 0.3) is 33.4 Å². The van der Waals surface area contributed by atoms with E-state index in [9.17, 15) is 22.4 Å².